The first kappa shape index (κ1) is 15.7. The fourth-order valence-electron chi connectivity index (χ4n) is 1.85. The van der Waals surface area contributed by atoms with Crippen molar-refractivity contribution in [2.75, 3.05) is 40.0 Å². The number of aliphatic hydroxyl groups excluding tert-OH is 1. The quantitative estimate of drug-likeness (QED) is 0.508. The van der Waals surface area contributed by atoms with Crippen LogP contribution >= 0.6 is 0 Å². The van der Waals surface area contributed by atoms with Crippen molar-refractivity contribution in [2.45, 2.75) is 18.6 Å². The molecule has 0 spiro atoms. The van der Waals surface area contributed by atoms with E-state index in [1.165, 1.54) is 0 Å². The first-order chi connectivity index (χ1) is 9.06. The molecule has 0 bridgehead atoms. The molecule has 8 nitrogen and oxygen atoms in total. The lowest BCUT2D eigenvalue weighted by atomic mass is 10.2. The summed E-state index contributed by atoms with van der Waals surface area (Å²) in [4.78, 5) is 23.8. The van der Waals surface area contributed by atoms with Crippen LogP contribution in [0.3, 0.4) is 0 Å². The van der Waals surface area contributed by atoms with E-state index in [9.17, 15) is 14.7 Å². The summed E-state index contributed by atoms with van der Waals surface area (Å²) in [6.07, 6.45) is -0.725. The van der Waals surface area contributed by atoms with Crippen molar-refractivity contribution in [1.29, 1.82) is 0 Å². The van der Waals surface area contributed by atoms with Crippen molar-refractivity contribution >= 4 is 12.0 Å². The molecule has 2 atom stereocenters. The Hall–Kier alpha value is -1.38. The van der Waals surface area contributed by atoms with Crippen molar-refractivity contribution in [1.82, 2.24) is 10.2 Å². The van der Waals surface area contributed by atoms with E-state index in [1.807, 2.05) is 0 Å². The maximum Gasteiger partial charge on any atom is 0.326 e. The third-order valence-corrected chi connectivity index (χ3v) is 2.78. The summed E-state index contributed by atoms with van der Waals surface area (Å²) >= 11 is 0. The van der Waals surface area contributed by atoms with Crippen LogP contribution in [0.2, 0.25) is 0 Å². The van der Waals surface area contributed by atoms with E-state index in [2.05, 4.69) is 5.32 Å². The number of amides is 2. The molecule has 0 aliphatic carbocycles. The third kappa shape index (κ3) is 5.01. The molecule has 1 rings (SSSR count). The second-order valence-corrected chi connectivity index (χ2v) is 4.23. The molecular weight excluding hydrogens is 256 g/mol. The van der Waals surface area contributed by atoms with E-state index < -0.39 is 24.1 Å². The van der Waals surface area contributed by atoms with Gasteiger partial charge in [-0.3, -0.25) is 0 Å². The van der Waals surface area contributed by atoms with Crippen LogP contribution in [0, 0.1) is 0 Å². The van der Waals surface area contributed by atoms with Crippen molar-refractivity contribution < 1.29 is 29.3 Å². The van der Waals surface area contributed by atoms with Crippen LogP contribution in [0.1, 0.15) is 6.42 Å². The summed E-state index contributed by atoms with van der Waals surface area (Å²) < 4.78 is 9.95. The Morgan fingerprint density at radius 1 is 1.37 bits per heavy atom. The number of hydrogen-bond acceptors (Lipinski definition) is 5. The second-order valence-electron chi connectivity index (χ2n) is 4.23. The minimum absolute atomic E-state index is 0.0351. The normalized spacial score (nSPS) is 22.5. The van der Waals surface area contributed by atoms with E-state index in [0.29, 0.717) is 19.8 Å². The van der Waals surface area contributed by atoms with Gasteiger partial charge < -0.3 is 29.9 Å². The number of rotatable bonds is 7. The van der Waals surface area contributed by atoms with Gasteiger partial charge in [0.15, 0.2) is 0 Å². The number of ether oxygens (including phenoxy) is 2. The highest BCUT2D eigenvalue weighted by atomic mass is 16.5. The zero-order chi connectivity index (χ0) is 14.3. The lowest BCUT2D eigenvalue weighted by Gasteiger charge is -2.21. The predicted molar refractivity (Wildman–Crippen MR) is 64.8 cm³/mol. The molecule has 1 fully saturated rings. The maximum atomic E-state index is 11.8. The molecule has 1 saturated heterocycles. The number of aliphatic hydroxyl groups is 1. The number of β-amino-alcohol motifs (C(OH)–C–C–N with tert-alkyl or cyclic N) is 1. The van der Waals surface area contributed by atoms with E-state index in [0.717, 1.165) is 4.90 Å². The fourth-order valence-corrected chi connectivity index (χ4v) is 1.85. The molecule has 0 unspecified atom stereocenters. The van der Waals surface area contributed by atoms with Crippen LogP contribution in [-0.4, -0.2) is 79.3 Å². The Kier molecular flexibility index (Phi) is 6.54. The van der Waals surface area contributed by atoms with Crippen LogP contribution in [-0.2, 0) is 14.3 Å². The van der Waals surface area contributed by atoms with Crippen molar-refractivity contribution in [3.05, 3.63) is 0 Å². The number of nitrogens with zero attached hydrogens (tertiary/aromatic N) is 1. The van der Waals surface area contributed by atoms with Gasteiger partial charge in [-0.05, 0) is 0 Å². The Morgan fingerprint density at radius 2 is 2.11 bits per heavy atom. The number of aliphatic carboxylic acids is 1. The summed E-state index contributed by atoms with van der Waals surface area (Å²) in [6, 6.07) is -1.47. The van der Waals surface area contributed by atoms with Crippen LogP contribution in [0.25, 0.3) is 0 Å². The minimum atomic E-state index is -1.11. The lowest BCUT2D eigenvalue weighted by Crippen LogP contribution is -2.46. The van der Waals surface area contributed by atoms with Crippen LogP contribution in [0.4, 0.5) is 4.79 Å². The monoisotopic (exact) mass is 276 g/mol. The highest BCUT2D eigenvalue weighted by Gasteiger charge is 2.38. The highest BCUT2D eigenvalue weighted by molar-refractivity contribution is 5.83. The van der Waals surface area contributed by atoms with Gasteiger partial charge in [0, 0.05) is 26.6 Å². The summed E-state index contributed by atoms with van der Waals surface area (Å²) in [5.74, 6) is -1.11. The molecular formula is C11H20N2O6. The van der Waals surface area contributed by atoms with Crippen molar-refractivity contribution in [2.24, 2.45) is 0 Å². The van der Waals surface area contributed by atoms with E-state index in [-0.39, 0.29) is 19.5 Å². The molecule has 0 aromatic carbocycles. The number of nitrogens with one attached hydrogen (secondary N) is 1. The summed E-state index contributed by atoms with van der Waals surface area (Å²) in [5, 5.41) is 20.9. The third-order valence-electron chi connectivity index (χ3n) is 2.78. The molecule has 0 aromatic heterocycles. The van der Waals surface area contributed by atoms with Crippen molar-refractivity contribution in [3.8, 4) is 0 Å². The average molecular weight is 276 g/mol. The summed E-state index contributed by atoms with van der Waals surface area (Å²) in [6.45, 7) is 1.55. The Morgan fingerprint density at radius 3 is 2.74 bits per heavy atom. The summed E-state index contributed by atoms with van der Waals surface area (Å²) in [5.41, 5.74) is 0. The molecule has 0 aromatic rings. The molecule has 110 valence electrons. The van der Waals surface area contributed by atoms with Crippen LogP contribution in [0.5, 0.6) is 0 Å². The Bertz CT molecular complexity index is 312. The Balaban J connectivity index is 2.26. The average Bonchev–Trinajstić information content (AvgIpc) is 2.76. The number of likely N-dealkylation sites (tertiary alicyclic amines) is 1. The van der Waals surface area contributed by atoms with Crippen molar-refractivity contribution in [3.63, 3.8) is 0 Å². The second kappa shape index (κ2) is 7.93. The van der Waals surface area contributed by atoms with Gasteiger partial charge in [0.25, 0.3) is 0 Å². The molecule has 1 aliphatic rings. The van der Waals surface area contributed by atoms with Gasteiger partial charge in [0.1, 0.15) is 6.04 Å². The molecule has 2 amide bonds. The lowest BCUT2D eigenvalue weighted by molar-refractivity contribution is -0.141. The maximum absolute atomic E-state index is 11.8. The number of carboxylic acids is 1. The standard InChI is InChI=1S/C11H20N2O6/c1-18-4-5-19-3-2-12-11(17)13-7-8(14)6-9(13)10(15)16/h8-9,14H,2-7H2,1H3,(H,12,17)(H,15,16)/t8-,9+/m1/s1. The SMILES string of the molecule is COCCOCCNC(=O)N1C[C@H](O)C[C@H]1C(=O)O. The zero-order valence-corrected chi connectivity index (χ0v) is 10.9. The van der Waals surface area contributed by atoms with Crippen LogP contribution < -0.4 is 5.32 Å². The smallest absolute Gasteiger partial charge is 0.326 e. The van der Waals surface area contributed by atoms with Gasteiger partial charge >= 0.3 is 12.0 Å². The molecule has 0 radical (unpaired) electrons. The van der Waals surface area contributed by atoms with Gasteiger partial charge in [-0.1, -0.05) is 0 Å². The van der Waals surface area contributed by atoms with E-state index >= 15 is 0 Å². The zero-order valence-electron chi connectivity index (χ0n) is 10.9. The van der Waals surface area contributed by atoms with E-state index in [1.54, 1.807) is 7.11 Å². The van der Waals surface area contributed by atoms with E-state index in [4.69, 9.17) is 14.6 Å². The van der Waals surface area contributed by atoms with Gasteiger partial charge in [0.2, 0.25) is 0 Å². The largest absolute Gasteiger partial charge is 0.480 e. The number of hydrogen-bond donors (Lipinski definition) is 3. The topological polar surface area (TPSA) is 108 Å². The van der Waals surface area contributed by atoms with Crippen LogP contribution in [0.15, 0.2) is 0 Å². The number of urea groups is 1. The number of carbonyl (C=O) groups is 2. The number of carboxylic acid groups (broad SMARTS) is 1. The van der Waals surface area contributed by atoms with Gasteiger partial charge in [-0.15, -0.1) is 0 Å². The highest BCUT2D eigenvalue weighted by Crippen LogP contribution is 2.17. The Labute approximate surface area is 111 Å². The van der Waals surface area contributed by atoms with Gasteiger partial charge in [-0.25, -0.2) is 9.59 Å². The molecule has 1 aliphatic heterocycles. The molecule has 19 heavy (non-hydrogen) atoms. The summed E-state index contributed by atoms with van der Waals surface area (Å²) in [7, 11) is 1.57. The molecule has 8 heteroatoms. The minimum Gasteiger partial charge on any atom is -0.480 e. The molecule has 1 heterocycles. The molecule has 0 saturated carbocycles. The first-order valence-corrected chi connectivity index (χ1v) is 6.08. The predicted octanol–water partition coefficient (Wildman–Crippen LogP) is -1.12. The molecule has 3 N–H and O–H groups in total. The first-order valence-electron chi connectivity index (χ1n) is 6.08. The number of methoxy groups -OCH3 is 1. The van der Waals surface area contributed by atoms with Gasteiger partial charge in [-0.2, -0.15) is 0 Å². The number of carbonyl (C=O) groups excluding carboxylic acids is 1. The van der Waals surface area contributed by atoms with Gasteiger partial charge in [0.05, 0.1) is 25.9 Å². The fraction of sp³-hybridized carbons (Fsp3) is 0.818.